The minimum atomic E-state index is -0.344. The average Bonchev–Trinajstić information content (AvgIpc) is 2.66. The topological polar surface area (TPSA) is 84.9 Å². The zero-order chi connectivity index (χ0) is 19.8. The number of nitrogens with one attached hydrogen (secondary N) is 1. The summed E-state index contributed by atoms with van der Waals surface area (Å²) < 4.78 is 10.0. The first-order valence-electron chi connectivity index (χ1n) is 8.29. The molecule has 0 unspecified atom stereocenters. The number of amides is 2. The highest BCUT2D eigenvalue weighted by Gasteiger charge is 2.10. The summed E-state index contributed by atoms with van der Waals surface area (Å²) in [5.74, 6) is -0.300. The molecular formula is C20H22N2O5. The van der Waals surface area contributed by atoms with Crippen molar-refractivity contribution < 1.29 is 23.9 Å². The van der Waals surface area contributed by atoms with Crippen LogP contribution in [0.3, 0.4) is 0 Å². The molecule has 2 aromatic rings. The third-order valence-electron chi connectivity index (χ3n) is 3.67. The van der Waals surface area contributed by atoms with Crippen molar-refractivity contribution in [1.29, 1.82) is 0 Å². The van der Waals surface area contributed by atoms with Gasteiger partial charge in [-0.3, -0.25) is 14.4 Å². The van der Waals surface area contributed by atoms with Gasteiger partial charge < -0.3 is 19.7 Å². The quantitative estimate of drug-likeness (QED) is 0.755. The first kappa shape index (κ1) is 20.0. The Kier molecular flexibility index (Phi) is 6.93. The summed E-state index contributed by atoms with van der Waals surface area (Å²) in [4.78, 5) is 36.7. The van der Waals surface area contributed by atoms with E-state index in [1.165, 1.54) is 12.0 Å². The third kappa shape index (κ3) is 6.14. The summed E-state index contributed by atoms with van der Waals surface area (Å²) in [5, 5.41) is 2.70. The third-order valence-corrected chi connectivity index (χ3v) is 3.67. The van der Waals surface area contributed by atoms with Gasteiger partial charge in [-0.25, -0.2) is 0 Å². The van der Waals surface area contributed by atoms with E-state index in [2.05, 4.69) is 10.1 Å². The van der Waals surface area contributed by atoms with Crippen LogP contribution in [-0.2, 0) is 20.7 Å². The molecule has 0 radical (unpaired) electrons. The van der Waals surface area contributed by atoms with Crippen molar-refractivity contribution in [3.05, 3.63) is 59.7 Å². The fourth-order valence-corrected chi connectivity index (χ4v) is 2.28. The maximum Gasteiger partial charge on any atom is 0.309 e. The Morgan fingerprint density at radius 1 is 1.04 bits per heavy atom. The average molecular weight is 370 g/mol. The van der Waals surface area contributed by atoms with Gasteiger partial charge in [-0.2, -0.15) is 0 Å². The molecule has 1 N–H and O–H groups in total. The molecular weight excluding hydrogens is 348 g/mol. The SMILES string of the molecule is COC(=O)Cc1ccc(OCC(=O)Nc2cccc(C(=O)N(C)C)c2)cc1. The number of anilines is 1. The van der Waals surface area contributed by atoms with Gasteiger partial charge in [0.05, 0.1) is 13.5 Å². The number of carbonyl (C=O) groups is 3. The van der Waals surface area contributed by atoms with Crippen molar-refractivity contribution in [3.8, 4) is 5.75 Å². The Morgan fingerprint density at radius 2 is 1.74 bits per heavy atom. The van der Waals surface area contributed by atoms with Gasteiger partial charge in [0.1, 0.15) is 5.75 Å². The van der Waals surface area contributed by atoms with Crippen LogP contribution in [0.5, 0.6) is 5.75 Å². The highest BCUT2D eigenvalue weighted by Crippen LogP contribution is 2.14. The molecule has 27 heavy (non-hydrogen) atoms. The molecule has 0 heterocycles. The maximum absolute atomic E-state index is 12.1. The highest BCUT2D eigenvalue weighted by atomic mass is 16.5. The summed E-state index contributed by atoms with van der Waals surface area (Å²) in [6, 6.07) is 13.5. The zero-order valence-corrected chi connectivity index (χ0v) is 15.5. The number of methoxy groups -OCH3 is 1. The largest absolute Gasteiger partial charge is 0.484 e. The lowest BCUT2D eigenvalue weighted by Gasteiger charge is -2.12. The van der Waals surface area contributed by atoms with Crippen LogP contribution in [0.25, 0.3) is 0 Å². The Bertz CT molecular complexity index is 815. The lowest BCUT2D eigenvalue weighted by molar-refractivity contribution is -0.139. The summed E-state index contributed by atoms with van der Waals surface area (Å²) in [6.07, 6.45) is 0.180. The molecule has 2 aromatic carbocycles. The number of benzene rings is 2. The molecule has 0 saturated carbocycles. The van der Waals surface area contributed by atoms with Crippen LogP contribution < -0.4 is 10.1 Å². The maximum atomic E-state index is 12.1. The number of ether oxygens (including phenoxy) is 2. The van der Waals surface area contributed by atoms with E-state index in [1.807, 2.05) is 0 Å². The molecule has 0 saturated heterocycles. The molecule has 7 heteroatoms. The van der Waals surface area contributed by atoms with E-state index in [4.69, 9.17) is 4.74 Å². The second kappa shape index (κ2) is 9.38. The molecule has 0 aliphatic heterocycles. The Balaban J connectivity index is 1.88. The monoisotopic (exact) mass is 370 g/mol. The highest BCUT2D eigenvalue weighted by molar-refractivity contribution is 5.97. The molecule has 142 valence electrons. The first-order chi connectivity index (χ1) is 12.9. The van der Waals surface area contributed by atoms with Crippen LogP contribution in [0.15, 0.2) is 48.5 Å². The summed E-state index contributed by atoms with van der Waals surface area (Å²) in [7, 11) is 4.67. The fourth-order valence-electron chi connectivity index (χ4n) is 2.28. The van der Waals surface area contributed by atoms with Gasteiger partial charge in [0.25, 0.3) is 11.8 Å². The van der Waals surface area contributed by atoms with E-state index in [-0.39, 0.29) is 30.8 Å². The van der Waals surface area contributed by atoms with Crippen LogP contribution in [0, 0.1) is 0 Å². The van der Waals surface area contributed by atoms with E-state index >= 15 is 0 Å². The van der Waals surface area contributed by atoms with E-state index in [0.717, 1.165) is 5.56 Å². The zero-order valence-electron chi connectivity index (χ0n) is 15.5. The van der Waals surface area contributed by atoms with Crippen LogP contribution in [0.2, 0.25) is 0 Å². The molecule has 0 aliphatic rings. The van der Waals surface area contributed by atoms with Crippen molar-refractivity contribution in [2.45, 2.75) is 6.42 Å². The lowest BCUT2D eigenvalue weighted by atomic mass is 10.1. The molecule has 0 spiro atoms. The Hall–Kier alpha value is -3.35. The van der Waals surface area contributed by atoms with Crippen molar-refractivity contribution >= 4 is 23.5 Å². The predicted octanol–water partition coefficient (Wildman–Crippen LogP) is 2.12. The van der Waals surface area contributed by atoms with E-state index in [0.29, 0.717) is 17.0 Å². The number of carbonyl (C=O) groups excluding carboxylic acids is 3. The minimum Gasteiger partial charge on any atom is -0.484 e. The van der Waals surface area contributed by atoms with E-state index < -0.39 is 0 Å². The Labute approximate surface area is 157 Å². The lowest BCUT2D eigenvalue weighted by Crippen LogP contribution is -2.23. The van der Waals surface area contributed by atoms with Crippen LogP contribution in [0.4, 0.5) is 5.69 Å². The second-order valence-corrected chi connectivity index (χ2v) is 6.01. The van der Waals surface area contributed by atoms with Gasteiger partial charge in [0.15, 0.2) is 6.61 Å². The van der Waals surface area contributed by atoms with Crippen LogP contribution in [0.1, 0.15) is 15.9 Å². The number of hydrogen-bond acceptors (Lipinski definition) is 5. The van der Waals surface area contributed by atoms with Crippen molar-refractivity contribution in [3.63, 3.8) is 0 Å². The van der Waals surface area contributed by atoms with Crippen LogP contribution in [-0.4, -0.2) is 50.5 Å². The molecule has 2 amide bonds. The Morgan fingerprint density at radius 3 is 2.37 bits per heavy atom. The second-order valence-electron chi connectivity index (χ2n) is 6.01. The first-order valence-corrected chi connectivity index (χ1v) is 8.29. The number of hydrogen-bond donors (Lipinski definition) is 1. The summed E-state index contributed by atoms with van der Waals surface area (Å²) >= 11 is 0. The molecule has 0 fully saturated rings. The standard InChI is InChI=1S/C20H22N2O5/c1-22(2)20(25)15-5-4-6-16(12-15)21-18(23)13-27-17-9-7-14(8-10-17)11-19(24)26-3/h4-10,12H,11,13H2,1-3H3,(H,21,23). The smallest absolute Gasteiger partial charge is 0.309 e. The summed E-state index contributed by atoms with van der Waals surface area (Å²) in [6.45, 7) is -0.178. The van der Waals surface area contributed by atoms with Crippen LogP contribution >= 0.6 is 0 Å². The molecule has 7 nitrogen and oxygen atoms in total. The van der Waals surface area contributed by atoms with Gasteiger partial charge >= 0.3 is 5.97 Å². The molecule has 0 bridgehead atoms. The van der Waals surface area contributed by atoms with E-state index in [9.17, 15) is 14.4 Å². The molecule has 0 aromatic heterocycles. The van der Waals surface area contributed by atoms with Gasteiger partial charge in [-0.1, -0.05) is 18.2 Å². The number of esters is 1. The molecule has 0 atom stereocenters. The molecule has 0 aliphatic carbocycles. The minimum absolute atomic E-state index is 0.144. The van der Waals surface area contributed by atoms with Gasteiger partial charge in [0.2, 0.25) is 0 Å². The van der Waals surface area contributed by atoms with Gasteiger partial charge in [-0.15, -0.1) is 0 Å². The van der Waals surface area contributed by atoms with E-state index in [1.54, 1.807) is 62.6 Å². The van der Waals surface area contributed by atoms with Gasteiger partial charge in [0, 0.05) is 25.3 Å². The molecule has 2 rings (SSSR count). The van der Waals surface area contributed by atoms with Gasteiger partial charge in [-0.05, 0) is 35.9 Å². The predicted molar refractivity (Wildman–Crippen MR) is 101 cm³/mol. The number of rotatable bonds is 7. The fraction of sp³-hybridized carbons (Fsp3) is 0.250. The summed E-state index contributed by atoms with van der Waals surface area (Å²) in [5.41, 5.74) is 1.80. The van der Waals surface area contributed by atoms with Crippen molar-refractivity contribution in [2.75, 3.05) is 33.1 Å². The van der Waals surface area contributed by atoms with Crippen molar-refractivity contribution in [1.82, 2.24) is 4.90 Å². The van der Waals surface area contributed by atoms with Crippen molar-refractivity contribution in [2.24, 2.45) is 0 Å². The number of nitrogens with zero attached hydrogens (tertiary/aromatic N) is 1. The normalized spacial score (nSPS) is 10.0.